The predicted octanol–water partition coefficient (Wildman–Crippen LogP) is 1.40. The third-order valence-corrected chi connectivity index (χ3v) is 4.48. The summed E-state index contributed by atoms with van der Waals surface area (Å²) < 4.78 is 10.5. The summed E-state index contributed by atoms with van der Waals surface area (Å²) in [5.74, 6) is -0.393. The number of fused-ring (bicyclic) bond motifs is 1. The molecule has 2 aromatic carbocycles. The van der Waals surface area contributed by atoms with Gasteiger partial charge in [0, 0.05) is 12.5 Å². The van der Waals surface area contributed by atoms with Gasteiger partial charge in [0.1, 0.15) is 5.92 Å². The third-order valence-electron chi connectivity index (χ3n) is 4.48. The van der Waals surface area contributed by atoms with Crippen LogP contribution >= 0.6 is 0 Å². The minimum atomic E-state index is -0.800. The van der Waals surface area contributed by atoms with E-state index in [9.17, 15) is 9.59 Å². The Morgan fingerprint density at radius 2 is 1.96 bits per heavy atom. The summed E-state index contributed by atoms with van der Waals surface area (Å²) in [5.41, 5.74) is 4.17. The molecule has 1 fully saturated rings. The fraction of sp³-hybridized carbons (Fsp3) is 0.211. The topological polar surface area (TPSA) is 89.0 Å². The maximum Gasteiger partial charge on any atom is 0.253 e. The second-order valence-corrected chi connectivity index (χ2v) is 6.09. The van der Waals surface area contributed by atoms with Crippen LogP contribution in [-0.2, 0) is 9.59 Å². The van der Waals surface area contributed by atoms with Crippen LogP contribution in [0.2, 0.25) is 0 Å². The van der Waals surface area contributed by atoms with E-state index in [4.69, 9.17) is 9.47 Å². The van der Waals surface area contributed by atoms with Crippen molar-refractivity contribution in [3.8, 4) is 11.5 Å². The minimum absolute atomic E-state index is 0.199. The average Bonchev–Trinajstić information content (AvgIpc) is 3.28. The van der Waals surface area contributed by atoms with Crippen molar-refractivity contribution in [3.05, 3.63) is 59.7 Å². The van der Waals surface area contributed by atoms with Crippen LogP contribution in [0.25, 0.3) is 0 Å². The van der Waals surface area contributed by atoms with Crippen molar-refractivity contribution >= 4 is 18.0 Å². The summed E-state index contributed by atoms with van der Waals surface area (Å²) in [6.07, 6.45) is 1.50. The number of nitrogens with zero attached hydrogens (tertiary/aromatic N) is 1. The summed E-state index contributed by atoms with van der Waals surface area (Å²) in [5, 5.41) is 6.73. The van der Waals surface area contributed by atoms with Crippen molar-refractivity contribution in [1.82, 2.24) is 10.7 Å². The molecule has 0 unspecified atom stereocenters. The van der Waals surface area contributed by atoms with Crippen LogP contribution in [0.1, 0.15) is 17.0 Å². The van der Waals surface area contributed by atoms with Crippen molar-refractivity contribution in [3.63, 3.8) is 0 Å². The van der Waals surface area contributed by atoms with Gasteiger partial charge in [0.05, 0.1) is 6.21 Å². The summed E-state index contributed by atoms with van der Waals surface area (Å²) >= 11 is 0. The molecule has 7 heteroatoms. The van der Waals surface area contributed by atoms with Crippen LogP contribution in [0.5, 0.6) is 11.5 Å². The van der Waals surface area contributed by atoms with E-state index in [-0.39, 0.29) is 18.6 Å². The van der Waals surface area contributed by atoms with Crippen LogP contribution in [0.3, 0.4) is 0 Å². The summed E-state index contributed by atoms with van der Waals surface area (Å²) in [6.45, 7) is 0.636. The molecular weight excluding hydrogens is 334 g/mol. The number of hydrazone groups is 1. The fourth-order valence-electron chi connectivity index (χ4n) is 3.17. The normalized spacial score (nSPS) is 21.0. The first-order chi connectivity index (χ1) is 12.7. The van der Waals surface area contributed by atoms with Gasteiger partial charge in [0.15, 0.2) is 11.5 Å². The van der Waals surface area contributed by atoms with Crippen molar-refractivity contribution in [1.29, 1.82) is 0 Å². The first kappa shape index (κ1) is 16.1. The number of carbonyl (C=O) groups excluding carboxylic acids is 2. The predicted molar refractivity (Wildman–Crippen MR) is 94.0 cm³/mol. The maximum atomic E-state index is 12.5. The fourth-order valence-corrected chi connectivity index (χ4v) is 3.17. The molecule has 0 spiro atoms. The smallest absolute Gasteiger partial charge is 0.253 e. The molecule has 2 atom stereocenters. The lowest BCUT2D eigenvalue weighted by atomic mass is 9.88. The highest BCUT2D eigenvalue weighted by molar-refractivity contribution is 6.03. The van der Waals surface area contributed by atoms with E-state index in [1.807, 2.05) is 30.3 Å². The molecule has 0 bridgehead atoms. The van der Waals surface area contributed by atoms with Gasteiger partial charge in [-0.3, -0.25) is 9.59 Å². The maximum absolute atomic E-state index is 12.5. The molecule has 0 aromatic heterocycles. The van der Waals surface area contributed by atoms with E-state index >= 15 is 0 Å². The third kappa shape index (κ3) is 3.11. The van der Waals surface area contributed by atoms with Gasteiger partial charge < -0.3 is 14.8 Å². The monoisotopic (exact) mass is 351 g/mol. The lowest BCUT2D eigenvalue weighted by molar-refractivity contribution is -0.133. The number of benzene rings is 2. The first-order valence-electron chi connectivity index (χ1n) is 8.27. The SMILES string of the molecule is O=C1NC[C@@H](c2ccccc2)[C@@H]1C(=O)N/N=C/c1ccc2c(c1)OCO2. The number of hydrogen-bond acceptors (Lipinski definition) is 5. The minimum Gasteiger partial charge on any atom is -0.454 e. The van der Waals surface area contributed by atoms with E-state index in [1.54, 1.807) is 18.2 Å². The molecule has 2 amide bonds. The summed E-state index contributed by atoms with van der Waals surface area (Å²) in [7, 11) is 0. The molecule has 0 aliphatic carbocycles. The zero-order valence-corrected chi connectivity index (χ0v) is 13.8. The van der Waals surface area contributed by atoms with Crippen molar-refractivity contribution < 1.29 is 19.1 Å². The zero-order chi connectivity index (χ0) is 17.9. The number of amides is 2. The number of nitrogens with one attached hydrogen (secondary N) is 2. The molecule has 2 N–H and O–H groups in total. The van der Waals surface area contributed by atoms with Crippen molar-refractivity contribution in [2.24, 2.45) is 11.0 Å². The Kier molecular flexibility index (Phi) is 4.27. The Hall–Kier alpha value is -3.35. The number of rotatable bonds is 4. The van der Waals surface area contributed by atoms with E-state index in [1.165, 1.54) is 6.21 Å². The molecule has 0 saturated carbocycles. The highest BCUT2D eigenvalue weighted by Crippen LogP contribution is 2.32. The Labute approximate surface area is 150 Å². The first-order valence-corrected chi connectivity index (χ1v) is 8.27. The molecule has 4 rings (SSSR count). The lowest BCUT2D eigenvalue weighted by Gasteiger charge is -2.15. The van der Waals surface area contributed by atoms with Gasteiger partial charge in [0.2, 0.25) is 12.7 Å². The summed E-state index contributed by atoms with van der Waals surface area (Å²) in [6, 6.07) is 14.9. The average molecular weight is 351 g/mol. The van der Waals surface area contributed by atoms with Crippen LogP contribution < -0.4 is 20.2 Å². The van der Waals surface area contributed by atoms with Crippen LogP contribution in [0.15, 0.2) is 53.6 Å². The van der Waals surface area contributed by atoms with Crippen LogP contribution in [-0.4, -0.2) is 31.4 Å². The molecule has 132 valence electrons. The highest BCUT2D eigenvalue weighted by Gasteiger charge is 2.40. The van der Waals surface area contributed by atoms with Crippen molar-refractivity contribution in [2.45, 2.75) is 5.92 Å². The second kappa shape index (κ2) is 6.87. The van der Waals surface area contributed by atoms with Gasteiger partial charge in [0.25, 0.3) is 5.91 Å². The van der Waals surface area contributed by atoms with E-state index < -0.39 is 11.8 Å². The molecule has 2 aromatic rings. The Morgan fingerprint density at radius 1 is 1.15 bits per heavy atom. The largest absolute Gasteiger partial charge is 0.454 e. The molecule has 7 nitrogen and oxygen atoms in total. The zero-order valence-electron chi connectivity index (χ0n) is 13.8. The molecule has 0 radical (unpaired) electrons. The van der Waals surface area contributed by atoms with Crippen molar-refractivity contribution in [2.75, 3.05) is 13.3 Å². The van der Waals surface area contributed by atoms with Gasteiger partial charge >= 0.3 is 0 Å². The molecular formula is C19H17N3O4. The highest BCUT2D eigenvalue weighted by atomic mass is 16.7. The van der Waals surface area contributed by atoms with Crippen LogP contribution in [0.4, 0.5) is 0 Å². The van der Waals surface area contributed by atoms with Gasteiger partial charge in [-0.1, -0.05) is 30.3 Å². The Morgan fingerprint density at radius 3 is 2.81 bits per heavy atom. The van der Waals surface area contributed by atoms with E-state index in [0.29, 0.717) is 18.0 Å². The molecule has 26 heavy (non-hydrogen) atoms. The molecule has 1 saturated heterocycles. The summed E-state index contributed by atoms with van der Waals surface area (Å²) in [4.78, 5) is 24.6. The number of hydrogen-bond donors (Lipinski definition) is 2. The van der Waals surface area contributed by atoms with Gasteiger partial charge in [-0.2, -0.15) is 5.10 Å². The van der Waals surface area contributed by atoms with E-state index in [0.717, 1.165) is 11.1 Å². The number of ether oxygens (including phenoxy) is 2. The van der Waals surface area contributed by atoms with E-state index in [2.05, 4.69) is 15.8 Å². The Bertz CT molecular complexity index is 866. The standard InChI is InChI=1S/C19H17N3O4/c23-18-17(14(10-20-18)13-4-2-1-3-5-13)19(24)22-21-9-12-6-7-15-16(8-12)26-11-25-15/h1-9,14,17H,10-11H2,(H,20,23)(H,22,24)/b21-9+/t14-,17-/m0/s1. The van der Waals surface area contributed by atoms with Crippen LogP contribution in [0, 0.1) is 5.92 Å². The quantitative estimate of drug-likeness (QED) is 0.495. The Balaban J connectivity index is 1.44. The lowest BCUT2D eigenvalue weighted by Crippen LogP contribution is -2.34. The van der Waals surface area contributed by atoms with Gasteiger partial charge in [-0.15, -0.1) is 0 Å². The second-order valence-electron chi connectivity index (χ2n) is 6.09. The molecule has 2 aliphatic heterocycles. The molecule has 2 heterocycles. The van der Waals surface area contributed by atoms with Gasteiger partial charge in [-0.25, -0.2) is 5.43 Å². The van der Waals surface area contributed by atoms with Gasteiger partial charge in [-0.05, 0) is 29.3 Å². The number of carbonyl (C=O) groups is 2. The molecule has 2 aliphatic rings.